The van der Waals surface area contributed by atoms with Crippen LogP contribution in [0.4, 0.5) is 0 Å². The standard InChI is InChI=1S/C13H10INO/c14-12-5-3-11(4-6-12)13(16)8-10-2-1-7-15-9-10/h1-7,9H,8H2. The predicted octanol–water partition coefficient (Wildman–Crippen LogP) is 3.11. The van der Waals surface area contributed by atoms with Crippen LogP contribution in [0.25, 0.3) is 0 Å². The molecule has 0 N–H and O–H groups in total. The molecule has 0 aliphatic rings. The van der Waals surface area contributed by atoms with Crippen LogP contribution in [0.15, 0.2) is 48.8 Å². The van der Waals surface area contributed by atoms with Crippen molar-refractivity contribution in [1.82, 2.24) is 4.98 Å². The Morgan fingerprint density at radius 1 is 1.19 bits per heavy atom. The second kappa shape index (κ2) is 5.21. The molecule has 0 amide bonds. The van der Waals surface area contributed by atoms with Crippen molar-refractivity contribution in [3.63, 3.8) is 0 Å². The number of rotatable bonds is 3. The summed E-state index contributed by atoms with van der Waals surface area (Å²) in [5.41, 5.74) is 1.70. The minimum Gasteiger partial charge on any atom is -0.294 e. The maximum Gasteiger partial charge on any atom is 0.167 e. The highest BCUT2D eigenvalue weighted by Crippen LogP contribution is 2.10. The molecule has 0 saturated heterocycles. The third-order valence-corrected chi connectivity index (χ3v) is 2.97. The average Bonchev–Trinajstić information content (AvgIpc) is 2.31. The highest BCUT2D eigenvalue weighted by molar-refractivity contribution is 14.1. The van der Waals surface area contributed by atoms with Gasteiger partial charge >= 0.3 is 0 Å². The van der Waals surface area contributed by atoms with Gasteiger partial charge in [0.25, 0.3) is 0 Å². The van der Waals surface area contributed by atoms with E-state index >= 15 is 0 Å². The van der Waals surface area contributed by atoms with Crippen molar-refractivity contribution in [2.75, 3.05) is 0 Å². The normalized spacial score (nSPS) is 10.1. The largest absolute Gasteiger partial charge is 0.294 e. The van der Waals surface area contributed by atoms with Crippen LogP contribution in [0.1, 0.15) is 15.9 Å². The summed E-state index contributed by atoms with van der Waals surface area (Å²) in [6.45, 7) is 0. The highest BCUT2D eigenvalue weighted by atomic mass is 127. The van der Waals surface area contributed by atoms with Crippen molar-refractivity contribution in [2.45, 2.75) is 6.42 Å². The van der Waals surface area contributed by atoms with Gasteiger partial charge in [0.2, 0.25) is 0 Å². The number of aromatic nitrogens is 1. The summed E-state index contributed by atoms with van der Waals surface area (Å²) >= 11 is 2.22. The molecule has 0 radical (unpaired) electrons. The lowest BCUT2D eigenvalue weighted by Crippen LogP contribution is -2.03. The molecule has 0 saturated carbocycles. The molecular formula is C13H10INO. The lowest BCUT2D eigenvalue weighted by Gasteiger charge is -2.01. The molecular weight excluding hydrogens is 313 g/mol. The van der Waals surface area contributed by atoms with Gasteiger partial charge in [0.1, 0.15) is 0 Å². The Morgan fingerprint density at radius 3 is 2.56 bits per heavy atom. The molecule has 0 unspecified atom stereocenters. The smallest absolute Gasteiger partial charge is 0.167 e. The number of ketones is 1. The molecule has 0 spiro atoms. The van der Waals surface area contributed by atoms with Gasteiger partial charge in [-0.15, -0.1) is 0 Å². The summed E-state index contributed by atoms with van der Waals surface area (Å²) in [5.74, 6) is 0.129. The molecule has 1 aromatic heterocycles. The van der Waals surface area contributed by atoms with Crippen molar-refractivity contribution >= 4 is 28.4 Å². The van der Waals surface area contributed by atoms with Gasteiger partial charge in [0.15, 0.2) is 5.78 Å². The van der Waals surface area contributed by atoms with E-state index in [1.165, 1.54) is 0 Å². The molecule has 80 valence electrons. The van der Waals surface area contributed by atoms with Crippen molar-refractivity contribution in [1.29, 1.82) is 0 Å². The molecule has 1 heterocycles. The third-order valence-electron chi connectivity index (χ3n) is 2.25. The Morgan fingerprint density at radius 2 is 1.94 bits per heavy atom. The van der Waals surface area contributed by atoms with Gasteiger partial charge in [0.05, 0.1) is 0 Å². The zero-order chi connectivity index (χ0) is 11.4. The van der Waals surface area contributed by atoms with Crippen LogP contribution < -0.4 is 0 Å². The second-order valence-corrected chi connectivity index (χ2v) is 4.71. The third kappa shape index (κ3) is 2.88. The molecule has 0 atom stereocenters. The monoisotopic (exact) mass is 323 g/mol. The molecule has 2 rings (SSSR count). The van der Waals surface area contributed by atoms with Crippen molar-refractivity contribution in [2.24, 2.45) is 0 Å². The van der Waals surface area contributed by atoms with Gasteiger partial charge in [-0.1, -0.05) is 18.2 Å². The van der Waals surface area contributed by atoms with Crippen LogP contribution in [-0.4, -0.2) is 10.8 Å². The van der Waals surface area contributed by atoms with Gasteiger partial charge in [-0.3, -0.25) is 9.78 Å². The molecule has 1 aromatic carbocycles. The maximum absolute atomic E-state index is 11.9. The Hall–Kier alpha value is -1.23. The number of benzene rings is 1. The lowest BCUT2D eigenvalue weighted by atomic mass is 10.0. The SMILES string of the molecule is O=C(Cc1cccnc1)c1ccc(I)cc1. The summed E-state index contributed by atoms with van der Waals surface area (Å²) in [4.78, 5) is 15.9. The first-order valence-electron chi connectivity index (χ1n) is 4.93. The van der Waals surface area contributed by atoms with E-state index in [2.05, 4.69) is 27.6 Å². The minimum absolute atomic E-state index is 0.129. The fourth-order valence-electron chi connectivity index (χ4n) is 1.43. The number of carbonyl (C=O) groups excluding carboxylic acids is 1. The zero-order valence-corrected chi connectivity index (χ0v) is 10.7. The van der Waals surface area contributed by atoms with E-state index in [1.807, 2.05) is 36.4 Å². The summed E-state index contributed by atoms with van der Waals surface area (Å²) in [7, 11) is 0. The average molecular weight is 323 g/mol. The zero-order valence-electron chi connectivity index (χ0n) is 8.56. The maximum atomic E-state index is 11.9. The molecule has 0 aliphatic heterocycles. The number of carbonyl (C=O) groups is 1. The van der Waals surface area contributed by atoms with Crippen LogP contribution in [0.3, 0.4) is 0 Å². The Balaban J connectivity index is 2.12. The summed E-state index contributed by atoms with van der Waals surface area (Å²) in [6, 6.07) is 11.4. The molecule has 3 heteroatoms. The first-order chi connectivity index (χ1) is 7.75. The number of nitrogens with zero attached hydrogens (tertiary/aromatic N) is 1. The summed E-state index contributed by atoms with van der Waals surface area (Å²) in [5, 5.41) is 0. The van der Waals surface area contributed by atoms with Gasteiger partial charge in [-0.25, -0.2) is 0 Å². The molecule has 2 nitrogen and oxygen atoms in total. The Kier molecular flexibility index (Phi) is 3.66. The first kappa shape index (κ1) is 11.3. The lowest BCUT2D eigenvalue weighted by molar-refractivity contribution is 0.0993. The van der Waals surface area contributed by atoms with Gasteiger partial charge in [0, 0.05) is 27.9 Å². The quantitative estimate of drug-likeness (QED) is 0.642. The van der Waals surface area contributed by atoms with Crippen LogP contribution >= 0.6 is 22.6 Å². The van der Waals surface area contributed by atoms with E-state index in [9.17, 15) is 4.79 Å². The molecule has 0 bridgehead atoms. The molecule has 0 fully saturated rings. The van der Waals surface area contributed by atoms with Crippen molar-refractivity contribution in [3.8, 4) is 0 Å². The van der Waals surface area contributed by atoms with E-state index in [-0.39, 0.29) is 5.78 Å². The number of pyridine rings is 1. The molecule has 2 aromatic rings. The predicted molar refractivity (Wildman–Crippen MR) is 71.4 cm³/mol. The molecule has 0 aliphatic carbocycles. The topological polar surface area (TPSA) is 30.0 Å². The van der Waals surface area contributed by atoms with Crippen molar-refractivity contribution < 1.29 is 4.79 Å². The first-order valence-corrected chi connectivity index (χ1v) is 6.01. The summed E-state index contributed by atoms with van der Waals surface area (Å²) < 4.78 is 1.13. The van der Waals surface area contributed by atoms with Crippen LogP contribution in [0.2, 0.25) is 0 Å². The van der Waals surface area contributed by atoms with Crippen LogP contribution in [0, 0.1) is 3.57 Å². The fraction of sp³-hybridized carbons (Fsp3) is 0.0769. The van der Waals surface area contributed by atoms with E-state index in [4.69, 9.17) is 0 Å². The van der Waals surface area contributed by atoms with Gasteiger partial charge in [-0.05, 0) is 46.4 Å². The van der Waals surface area contributed by atoms with Crippen LogP contribution in [-0.2, 0) is 6.42 Å². The summed E-state index contributed by atoms with van der Waals surface area (Å²) in [6.07, 6.45) is 3.85. The Labute approximate surface area is 108 Å². The second-order valence-electron chi connectivity index (χ2n) is 3.47. The molecule has 16 heavy (non-hydrogen) atoms. The number of Topliss-reactive ketones (excluding diaryl/α,β-unsaturated/α-hetero) is 1. The van der Waals surface area contributed by atoms with Crippen LogP contribution in [0.5, 0.6) is 0 Å². The number of hydrogen-bond donors (Lipinski definition) is 0. The van der Waals surface area contributed by atoms with E-state index in [1.54, 1.807) is 12.4 Å². The van der Waals surface area contributed by atoms with Crippen molar-refractivity contribution in [3.05, 3.63) is 63.5 Å². The van der Waals surface area contributed by atoms with E-state index in [0.717, 1.165) is 14.7 Å². The van der Waals surface area contributed by atoms with E-state index in [0.29, 0.717) is 6.42 Å². The minimum atomic E-state index is 0.129. The van der Waals surface area contributed by atoms with Gasteiger partial charge < -0.3 is 0 Å². The number of hydrogen-bond acceptors (Lipinski definition) is 2. The fourth-order valence-corrected chi connectivity index (χ4v) is 1.79. The highest BCUT2D eigenvalue weighted by Gasteiger charge is 2.06. The number of halogens is 1. The van der Waals surface area contributed by atoms with Gasteiger partial charge in [-0.2, -0.15) is 0 Å². The Bertz CT molecular complexity index is 479. The van der Waals surface area contributed by atoms with E-state index < -0.39 is 0 Å².